The Kier molecular flexibility index (Phi) is 2.67. The van der Waals surface area contributed by atoms with Crippen molar-refractivity contribution in [1.82, 2.24) is 14.4 Å². The van der Waals surface area contributed by atoms with E-state index < -0.39 is 10.0 Å². The molecule has 0 saturated heterocycles. The fourth-order valence-corrected chi connectivity index (χ4v) is 1.89. The summed E-state index contributed by atoms with van der Waals surface area (Å²) in [5, 5.41) is 7.16. The van der Waals surface area contributed by atoms with Gasteiger partial charge < -0.3 is 0 Å². The Labute approximate surface area is 84.2 Å². The molecular weight excluding hydrogens is 202 g/mol. The lowest BCUT2D eigenvalue weighted by Crippen LogP contribution is -2.19. The van der Waals surface area contributed by atoms with Gasteiger partial charge in [-0.3, -0.25) is 0 Å². The van der Waals surface area contributed by atoms with E-state index in [-0.39, 0.29) is 5.41 Å². The van der Waals surface area contributed by atoms with Crippen LogP contribution in [0.25, 0.3) is 0 Å². The van der Waals surface area contributed by atoms with Crippen LogP contribution in [0, 0.1) is 5.41 Å². The van der Waals surface area contributed by atoms with E-state index in [4.69, 9.17) is 0 Å². The minimum absolute atomic E-state index is 0.0180. The monoisotopic (exact) mass is 217 g/mol. The average molecular weight is 217 g/mol. The number of aromatic nitrogens is 3. The fourth-order valence-electron chi connectivity index (χ4n) is 1.18. The standard InChI is InChI=1S/C8H15N3O2S/c1-8(2,3)5-7-6-9-10-11(7)14(4,12)13/h6H,5H2,1-4H3. The van der Waals surface area contributed by atoms with Crippen molar-refractivity contribution in [3.8, 4) is 0 Å². The number of nitrogens with zero attached hydrogens (tertiary/aromatic N) is 3. The highest BCUT2D eigenvalue weighted by Gasteiger charge is 2.19. The molecular formula is C8H15N3O2S. The normalized spacial score (nSPS) is 13.1. The van der Waals surface area contributed by atoms with Gasteiger partial charge in [0.05, 0.1) is 18.1 Å². The maximum absolute atomic E-state index is 11.3. The van der Waals surface area contributed by atoms with Gasteiger partial charge in [0.25, 0.3) is 10.0 Å². The predicted octanol–water partition coefficient (Wildman–Crippen LogP) is 0.674. The maximum atomic E-state index is 11.3. The first-order chi connectivity index (χ1) is 6.20. The van der Waals surface area contributed by atoms with Crippen molar-refractivity contribution in [1.29, 1.82) is 0 Å². The van der Waals surface area contributed by atoms with Crippen molar-refractivity contribution in [2.24, 2.45) is 5.41 Å². The van der Waals surface area contributed by atoms with E-state index in [1.165, 1.54) is 6.20 Å². The van der Waals surface area contributed by atoms with Crippen molar-refractivity contribution in [2.45, 2.75) is 27.2 Å². The summed E-state index contributed by atoms with van der Waals surface area (Å²) in [6.07, 6.45) is 3.24. The van der Waals surface area contributed by atoms with Crippen LogP contribution in [-0.4, -0.2) is 29.1 Å². The van der Waals surface area contributed by atoms with Crippen molar-refractivity contribution in [3.63, 3.8) is 0 Å². The molecule has 1 rings (SSSR count). The van der Waals surface area contributed by atoms with Crippen LogP contribution < -0.4 is 0 Å². The molecule has 1 aromatic rings. The lowest BCUT2D eigenvalue weighted by Gasteiger charge is -2.17. The smallest absolute Gasteiger partial charge is 0.205 e. The van der Waals surface area contributed by atoms with Gasteiger partial charge in [0.15, 0.2) is 0 Å². The summed E-state index contributed by atoms with van der Waals surface area (Å²) < 4.78 is 23.5. The number of hydrogen-bond donors (Lipinski definition) is 0. The topological polar surface area (TPSA) is 64.8 Å². The molecule has 0 spiro atoms. The summed E-state index contributed by atoms with van der Waals surface area (Å²) in [6.45, 7) is 6.10. The first-order valence-corrected chi connectivity index (χ1v) is 6.15. The van der Waals surface area contributed by atoms with Crippen LogP contribution in [0.4, 0.5) is 0 Å². The van der Waals surface area contributed by atoms with E-state index in [1.807, 2.05) is 20.8 Å². The third kappa shape index (κ3) is 2.80. The van der Waals surface area contributed by atoms with Gasteiger partial charge in [-0.25, -0.2) is 8.42 Å². The molecule has 80 valence electrons. The summed E-state index contributed by atoms with van der Waals surface area (Å²) >= 11 is 0. The van der Waals surface area contributed by atoms with Crippen LogP contribution in [-0.2, 0) is 16.4 Å². The minimum atomic E-state index is -3.32. The first kappa shape index (κ1) is 11.2. The Morgan fingerprint density at radius 3 is 2.43 bits per heavy atom. The van der Waals surface area contributed by atoms with Gasteiger partial charge in [-0.2, -0.15) is 0 Å². The molecule has 0 aliphatic rings. The van der Waals surface area contributed by atoms with Gasteiger partial charge in [-0.15, -0.1) is 9.19 Å². The van der Waals surface area contributed by atoms with Crippen LogP contribution in [0.1, 0.15) is 26.5 Å². The van der Waals surface area contributed by atoms with E-state index in [0.29, 0.717) is 12.1 Å². The van der Waals surface area contributed by atoms with E-state index in [2.05, 4.69) is 10.3 Å². The van der Waals surface area contributed by atoms with Crippen LogP contribution in [0.3, 0.4) is 0 Å². The molecule has 0 saturated carbocycles. The number of hydrogen-bond acceptors (Lipinski definition) is 4. The largest absolute Gasteiger partial charge is 0.252 e. The quantitative estimate of drug-likeness (QED) is 0.730. The lowest BCUT2D eigenvalue weighted by molar-refractivity contribution is 0.403. The summed E-state index contributed by atoms with van der Waals surface area (Å²) in [6, 6.07) is 0. The van der Waals surface area contributed by atoms with E-state index >= 15 is 0 Å². The molecule has 6 heteroatoms. The third-order valence-electron chi connectivity index (χ3n) is 1.61. The van der Waals surface area contributed by atoms with Crippen LogP contribution >= 0.6 is 0 Å². The maximum Gasteiger partial charge on any atom is 0.252 e. The van der Waals surface area contributed by atoms with Crippen LogP contribution in [0.2, 0.25) is 0 Å². The van der Waals surface area contributed by atoms with Gasteiger partial charge in [-0.05, 0) is 11.8 Å². The zero-order valence-electron chi connectivity index (χ0n) is 8.85. The van der Waals surface area contributed by atoms with Gasteiger partial charge >= 0.3 is 0 Å². The van der Waals surface area contributed by atoms with E-state index in [9.17, 15) is 8.42 Å². The molecule has 1 aromatic heterocycles. The molecule has 0 aliphatic heterocycles. The zero-order valence-corrected chi connectivity index (χ0v) is 9.67. The second-order valence-electron chi connectivity index (χ2n) is 4.57. The first-order valence-electron chi connectivity index (χ1n) is 4.30. The summed E-state index contributed by atoms with van der Waals surface area (Å²) in [4.78, 5) is 0. The van der Waals surface area contributed by atoms with Crippen molar-refractivity contribution < 1.29 is 8.42 Å². The van der Waals surface area contributed by atoms with Crippen molar-refractivity contribution in [3.05, 3.63) is 11.9 Å². The Morgan fingerprint density at radius 1 is 1.43 bits per heavy atom. The van der Waals surface area contributed by atoms with Crippen LogP contribution in [0.15, 0.2) is 6.20 Å². The molecule has 14 heavy (non-hydrogen) atoms. The Bertz CT molecular complexity index is 414. The molecule has 0 bridgehead atoms. The molecule has 5 nitrogen and oxygen atoms in total. The zero-order chi connectivity index (χ0) is 11.0. The fraction of sp³-hybridized carbons (Fsp3) is 0.750. The van der Waals surface area contributed by atoms with Crippen molar-refractivity contribution in [2.75, 3.05) is 6.26 Å². The summed E-state index contributed by atoms with van der Waals surface area (Å²) in [5.74, 6) is 0. The highest BCUT2D eigenvalue weighted by atomic mass is 32.2. The number of rotatable bonds is 2. The van der Waals surface area contributed by atoms with Gasteiger partial charge in [-0.1, -0.05) is 26.0 Å². The average Bonchev–Trinajstić information content (AvgIpc) is 2.29. The van der Waals surface area contributed by atoms with Gasteiger partial charge in [0, 0.05) is 0 Å². The molecule has 0 aromatic carbocycles. The van der Waals surface area contributed by atoms with E-state index in [0.717, 1.165) is 10.3 Å². The van der Waals surface area contributed by atoms with Gasteiger partial charge in [0.1, 0.15) is 0 Å². The predicted molar refractivity (Wildman–Crippen MR) is 53.4 cm³/mol. The minimum Gasteiger partial charge on any atom is -0.205 e. The van der Waals surface area contributed by atoms with Gasteiger partial charge in [0.2, 0.25) is 0 Å². The molecule has 0 aliphatic carbocycles. The second-order valence-corrected chi connectivity index (χ2v) is 6.38. The third-order valence-corrected chi connectivity index (χ3v) is 2.55. The van der Waals surface area contributed by atoms with Crippen LogP contribution in [0.5, 0.6) is 0 Å². The molecule has 0 N–H and O–H groups in total. The Hall–Kier alpha value is -0.910. The molecule has 0 atom stereocenters. The molecule has 1 heterocycles. The van der Waals surface area contributed by atoms with Crippen molar-refractivity contribution >= 4 is 10.0 Å². The highest BCUT2D eigenvalue weighted by Crippen LogP contribution is 2.20. The summed E-state index contributed by atoms with van der Waals surface area (Å²) in [7, 11) is -3.32. The molecule has 0 radical (unpaired) electrons. The molecule has 0 unspecified atom stereocenters. The lowest BCUT2D eigenvalue weighted by atomic mass is 9.91. The Balaban J connectivity index is 3.07. The molecule has 0 fully saturated rings. The second kappa shape index (κ2) is 3.34. The van der Waals surface area contributed by atoms with E-state index in [1.54, 1.807) is 0 Å². The SMILES string of the molecule is CC(C)(C)Cc1cnnn1S(C)(=O)=O. The highest BCUT2D eigenvalue weighted by molar-refractivity contribution is 7.89. The molecule has 0 amide bonds. The Morgan fingerprint density at radius 2 is 2.00 bits per heavy atom. The summed E-state index contributed by atoms with van der Waals surface area (Å²) in [5.41, 5.74) is 0.643.